The summed E-state index contributed by atoms with van der Waals surface area (Å²) >= 11 is 9.83. The first-order valence-corrected chi connectivity index (χ1v) is 27.7. The Hall–Kier alpha value is -5.40. The molecule has 388 valence electrons. The van der Waals surface area contributed by atoms with Gasteiger partial charge in [0.2, 0.25) is 17.6 Å². The molecule has 4 fully saturated rings. The van der Waals surface area contributed by atoms with E-state index in [-0.39, 0.29) is 46.0 Å². The van der Waals surface area contributed by atoms with E-state index in [1.165, 1.54) is 11.8 Å². The largest absolute Gasteiger partial charge is 0.490 e. The Morgan fingerprint density at radius 1 is 0.932 bits per heavy atom. The zero-order valence-corrected chi connectivity index (χ0v) is 45.3. The van der Waals surface area contributed by atoms with Crippen molar-refractivity contribution in [3.05, 3.63) is 88.8 Å². The zero-order chi connectivity index (χ0) is 51.5. The van der Waals surface area contributed by atoms with E-state index in [9.17, 15) is 14.4 Å². The van der Waals surface area contributed by atoms with Crippen molar-refractivity contribution in [3.8, 4) is 16.2 Å². The minimum Gasteiger partial charge on any atom is -0.490 e. The van der Waals surface area contributed by atoms with Gasteiger partial charge in [-0.25, -0.2) is 24.9 Å². The molecular weight excluding hydrogens is 980 g/mol. The predicted molar refractivity (Wildman–Crippen MR) is 290 cm³/mol. The number of nitrogens with zero attached hydrogens (tertiary/aromatic N) is 8. The lowest BCUT2D eigenvalue weighted by molar-refractivity contribution is -0.142. The van der Waals surface area contributed by atoms with Gasteiger partial charge in [0.05, 0.1) is 69.4 Å². The first kappa shape index (κ1) is 52.5. The SMILES string of the molecule is CN[C@H](C(=O)N1CCCC1C(=O)NCc1ccc(-c2scnc2C)cc1OC1CC2(CCCN(c3cnc(C(=O)Nc4cccc(Sc5cnc(N6CCC(C)(CN)CC6)cn5)c4Cl)nc3)CC2)C1)C(C)(C)C. The molecule has 73 heavy (non-hydrogen) atoms. The van der Waals surface area contributed by atoms with Gasteiger partial charge >= 0.3 is 0 Å². The Balaban J connectivity index is 0.782. The Bertz CT molecular complexity index is 2760. The number of carbonyl (C=O) groups is 3. The third kappa shape index (κ3) is 11.9. The summed E-state index contributed by atoms with van der Waals surface area (Å²) in [6.45, 7) is 15.4. The number of hydrogen-bond acceptors (Lipinski definition) is 15. The van der Waals surface area contributed by atoms with Crippen LogP contribution < -0.4 is 36.2 Å². The number of likely N-dealkylation sites (N-methyl/N-ethyl adjacent to an activating group) is 1. The number of nitrogens with two attached hydrogens (primary N) is 1. The monoisotopic (exact) mass is 1050 g/mol. The smallest absolute Gasteiger partial charge is 0.293 e. The molecule has 6 heterocycles. The molecule has 1 unspecified atom stereocenters. The molecule has 1 spiro atoms. The number of nitrogens with one attached hydrogen (secondary N) is 3. The Morgan fingerprint density at radius 2 is 1.70 bits per heavy atom. The number of aromatic nitrogens is 5. The number of carbonyl (C=O) groups excluding carboxylic acids is 3. The van der Waals surface area contributed by atoms with Crippen molar-refractivity contribution in [3.63, 3.8) is 0 Å². The molecule has 2 aromatic carbocycles. The number of benzene rings is 2. The number of thiazole rings is 1. The highest BCUT2D eigenvalue weighted by atomic mass is 35.5. The average Bonchev–Trinajstić information content (AvgIpc) is 3.99. The number of anilines is 3. The van der Waals surface area contributed by atoms with E-state index in [1.807, 2.05) is 51.4 Å². The molecule has 3 aromatic heterocycles. The number of amides is 3. The van der Waals surface area contributed by atoms with Gasteiger partial charge in [0, 0.05) is 49.7 Å². The fourth-order valence-corrected chi connectivity index (χ4v) is 12.8. The van der Waals surface area contributed by atoms with Gasteiger partial charge in [-0.2, -0.15) is 0 Å². The van der Waals surface area contributed by atoms with Crippen LogP contribution in [0.25, 0.3) is 10.4 Å². The predicted octanol–water partition coefficient (Wildman–Crippen LogP) is 8.78. The number of aryl methyl sites for hydroxylation is 1. The summed E-state index contributed by atoms with van der Waals surface area (Å²) in [6.07, 6.45) is 15.5. The maximum atomic E-state index is 13.8. The molecule has 3 aliphatic heterocycles. The van der Waals surface area contributed by atoms with Crippen molar-refractivity contribution in [2.75, 3.05) is 61.4 Å². The van der Waals surface area contributed by atoms with Crippen LogP contribution in [0.3, 0.4) is 0 Å². The van der Waals surface area contributed by atoms with Crippen LogP contribution in [-0.2, 0) is 16.1 Å². The highest BCUT2D eigenvalue weighted by Crippen LogP contribution is 2.51. The molecule has 5 N–H and O–H groups in total. The first-order valence-electron chi connectivity index (χ1n) is 25.6. The molecule has 4 aliphatic rings. The van der Waals surface area contributed by atoms with E-state index in [2.05, 4.69) is 69.7 Å². The highest BCUT2D eigenvalue weighted by Gasteiger charge is 2.46. The van der Waals surface area contributed by atoms with E-state index >= 15 is 0 Å². The quantitative estimate of drug-likeness (QED) is 0.0777. The number of ether oxygens (including phenoxy) is 1. The molecule has 5 aromatic rings. The lowest BCUT2D eigenvalue weighted by Crippen LogP contribution is -2.55. The summed E-state index contributed by atoms with van der Waals surface area (Å²) < 4.78 is 6.86. The van der Waals surface area contributed by atoms with E-state index in [1.54, 1.807) is 54.1 Å². The average molecular weight is 1050 g/mol. The third-order valence-corrected chi connectivity index (χ3v) is 17.9. The van der Waals surface area contributed by atoms with Crippen LogP contribution >= 0.6 is 34.7 Å². The van der Waals surface area contributed by atoms with Crippen molar-refractivity contribution < 1.29 is 19.1 Å². The normalized spacial score (nSPS) is 21.3. The second-order valence-electron chi connectivity index (χ2n) is 21.7. The van der Waals surface area contributed by atoms with Gasteiger partial charge in [-0.15, -0.1) is 11.3 Å². The second-order valence-corrected chi connectivity index (χ2v) is 24.0. The van der Waals surface area contributed by atoms with Crippen LogP contribution in [0.5, 0.6) is 5.75 Å². The fourth-order valence-electron chi connectivity index (χ4n) is 10.9. The van der Waals surface area contributed by atoms with Gasteiger partial charge in [-0.1, -0.05) is 69.3 Å². The number of rotatable bonds is 15. The van der Waals surface area contributed by atoms with Crippen molar-refractivity contribution in [1.82, 2.24) is 40.5 Å². The molecular formula is C54H69ClN12O4S2. The second kappa shape index (κ2) is 22.2. The van der Waals surface area contributed by atoms with Crippen molar-refractivity contribution in [1.29, 1.82) is 0 Å². The lowest BCUT2D eigenvalue weighted by atomic mass is 9.62. The molecule has 19 heteroatoms. The van der Waals surface area contributed by atoms with E-state index in [0.29, 0.717) is 41.8 Å². The summed E-state index contributed by atoms with van der Waals surface area (Å²) in [5.41, 5.74) is 12.1. The van der Waals surface area contributed by atoms with Crippen LogP contribution in [0.2, 0.25) is 5.02 Å². The molecule has 16 nitrogen and oxygen atoms in total. The zero-order valence-electron chi connectivity index (χ0n) is 42.9. The third-order valence-electron chi connectivity index (χ3n) is 15.5. The standard InChI is InChI=1S/C54H69ClN12O4S2/c1-34-46(72-33-63-34)35-13-14-36(27-62-49(68)40-11-8-20-67(40)51(70)47(57-6)52(2,3)4)41(24-35)71-38-25-54(26-38)15-9-19-65(23-18-54)37-28-60-48(61-29-37)50(69)64-39-10-7-12-42(45(39)55)73-44-31-58-43(30-59-44)66-21-16-53(5,32-56)17-22-66/h7,10,12-14,24,28-31,33,38,40,47,57H,8-9,11,15-23,25-27,32,56H2,1-6H3,(H,62,68)(H,64,69)/t38?,40?,47-,54?/m1/s1. The van der Waals surface area contributed by atoms with E-state index < -0.39 is 11.9 Å². The Labute approximate surface area is 442 Å². The molecule has 0 bridgehead atoms. The van der Waals surface area contributed by atoms with E-state index in [4.69, 9.17) is 22.1 Å². The lowest BCUT2D eigenvalue weighted by Gasteiger charge is -2.47. The first-order chi connectivity index (χ1) is 35.0. The maximum absolute atomic E-state index is 13.8. The molecule has 1 saturated carbocycles. The fraction of sp³-hybridized carbons (Fsp3) is 0.519. The molecule has 3 saturated heterocycles. The summed E-state index contributed by atoms with van der Waals surface area (Å²) in [4.78, 5) is 71.9. The summed E-state index contributed by atoms with van der Waals surface area (Å²) in [7, 11) is 1.80. The number of likely N-dealkylation sites (tertiary alicyclic amines) is 1. The number of hydrogen-bond donors (Lipinski definition) is 4. The van der Waals surface area contributed by atoms with Crippen LogP contribution in [0.15, 0.2) is 76.6 Å². The van der Waals surface area contributed by atoms with Crippen molar-refractivity contribution in [2.45, 2.75) is 127 Å². The summed E-state index contributed by atoms with van der Waals surface area (Å²) in [5, 5.41) is 10.4. The molecule has 9 rings (SSSR count). The maximum Gasteiger partial charge on any atom is 0.293 e. The molecule has 0 radical (unpaired) electrons. The summed E-state index contributed by atoms with van der Waals surface area (Å²) in [5.74, 6) is 1.03. The minimum absolute atomic E-state index is 0.0332. The number of piperidine rings is 1. The van der Waals surface area contributed by atoms with Gasteiger partial charge in [-0.3, -0.25) is 14.4 Å². The van der Waals surface area contributed by atoms with Crippen LogP contribution in [-0.4, -0.2) is 112 Å². The van der Waals surface area contributed by atoms with Gasteiger partial charge in [0.1, 0.15) is 22.6 Å². The topological polar surface area (TPSA) is 197 Å². The molecule has 2 atom stereocenters. The van der Waals surface area contributed by atoms with Gasteiger partial charge in [0.25, 0.3) is 5.91 Å². The van der Waals surface area contributed by atoms with E-state index in [0.717, 1.165) is 121 Å². The van der Waals surface area contributed by atoms with Crippen LogP contribution in [0, 0.1) is 23.2 Å². The summed E-state index contributed by atoms with van der Waals surface area (Å²) in [6, 6.07) is 10.8. The highest BCUT2D eigenvalue weighted by molar-refractivity contribution is 7.99. The Kier molecular flexibility index (Phi) is 16.0. The Morgan fingerprint density at radius 3 is 2.38 bits per heavy atom. The van der Waals surface area contributed by atoms with Crippen LogP contribution in [0.1, 0.15) is 107 Å². The van der Waals surface area contributed by atoms with Gasteiger partial charge in [0.15, 0.2) is 0 Å². The van der Waals surface area contributed by atoms with Crippen molar-refractivity contribution >= 4 is 69.6 Å². The van der Waals surface area contributed by atoms with Gasteiger partial charge in [-0.05, 0) is 118 Å². The molecule has 1 aliphatic carbocycles. The van der Waals surface area contributed by atoms with Crippen molar-refractivity contribution in [2.24, 2.45) is 22.0 Å². The van der Waals surface area contributed by atoms with Crippen LogP contribution in [0.4, 0.5) is 17.2 Å². The molecule has 3 amide bonds. The minimum atomic E-state index is -0.510. The number of halogens is 1. The van der Waals surface area contributed by atoms with Gasteiger partial charge < -0.3 is 41.1 Å².